The van der Waals surface area contributed by atoms with Crippen molar-refractivity contribution in [1.82, 2.24) is 4.90 Å². The number of carbonyl (C=O) groups excluding carboxylic acids is 2. The molecule has 0 aliphatic carbocycles. The maximum Gasteiger partial charge on any atom is 0.255 e. The van der Waals surface area contributed by atoms with E-state index in [1.807, 2.05) is 19.1 Å². The van der Waals surface area contributed by atoms with Gasteiger partial charge in [0.15, 0.2) is 0 Å². The predicted octanol–water partition coefficient (Wildman–Crippen LogP) is 3.17. The van der Waals surface area contributed by atoms with Crippen molar-refractivity contribution in [2.24, 2.45) is 5.92 Å². The summed E-state index contributed by atoms with van der Waals surface area (Å²) in [5.74, 6) is 0.401. The van der Waals surface area contributed by atoms with Crippen molar-refractivity contribution < 1.29 is 9.59 Å². The van der Waals surface area contributed by atoms with Gasteiger partial charge in [0.2, 0.25) is 0 Å². The van der Waals surface area contributed by atoms with E-state index < -0.39 is 0 Å². The summed E-state index contributed by atoms with van der Waals surface area (Å²) in [5.41, 5.74) is 0.546. The number of piperidine rings is 1. The highest BCUT2D eigenvalue weighted by Crippen LogP contribution is 2.23. The van der Waals surface area contributed by atoms with Gasteiger partial charge in [0.25, 0.3) is 5.91 Å². The van der Waals surface area contributed by atoms with E-state index in [1.54, 1.807) is 17.0 Å². The second-order valence-corrected chi connectivity index (χ2v) is 5.27. The molecule has 0 N–H and O–H groups in total. The molecule has 1 aliphatic heterocycles. The standard InChI is InChI=1S/C15H18ClNO2/c1-2-14(18)11-7-9-17(10-8-11)15(19)12-5-3-4-6-13(12)16/h3-6,11H,2,7-10H2,1H3. The van der Waals surface area contributed by atoms with Gasteiger partial charge in [0.05, 0.1) is 10.6 Å². The minimum atomic E-state index is -0.0343. The fourth-order valence-corrected chi connectivity index (χ4v) is 2.71. The minimum absolute atomic E-state index is 0.0343. The Morgan fingerprint density at radius 2 is 1.89 bits per heavy atom. The number of likely N-dealkylation sites (tertiary alicyclic amines) is 1. The predicted molar refractivity (Wildman–Crippen MR) is 75.4 cm³/mol. The van der Waals surface area contributed by atoms with Gasteiger partial charge >= 0.3 is 0 Å². The van der Waals surface area contributed by atoms with E-state index in [1.165, 1.54) is 0 Å². The minimum Gasteiger partial charge on any atom is -0.339 e. The normalized spacial score (nSPS) is 16.4. The number of rotatable bonds is 3. The maximum atomic E-state index is 12.3. The Bertz CT molecular complexity index is 479. The molecule has 1 heterocycles. The highest BCUT2D eigenvalue weighted by Gasteiger charge is 2.27. The van der Waals surface area contributed by atoms with E-state index in [2.05, 4.69) is 0 Å². The second kappa shape index (κ2) is 6.20. The number of amides is 1. The van der Waals surface area contributed by atoms with Gasteiger partial charge < -0.3 is 4.90 Å². The molecule has 1 saturated heterocycles. The van der Waals surface area contributed by atoms with Gasteiger partial charge in [-0.05, 0) is 25.0 Å². The molecule has 1 amide bonds. The summed E-state index contributed by atoms with van der Waals surface area (Å²) < 4.78 is 0. The van der Waals surface area contributed by atoms with Gasteiger partial charge in [-0.25, -0.2) is 0 Å². The molecule has 1 aliphatic rings. The first kappa shape index (κ1) is 14.1. The highest BCUT2D eigenvalue weighted by molar-refractivity contribution is 6.33. The van der Waals surface area contributed by atoms with E-state index in [4.69, 9.17) is 11.6 Å². The summed E-state index contributed by atoms with van der Waals surface area (Å²) >= 11 is 6.04. The molecule has 0 radical (unpaired) electrons. The van der Waals surface area contributed by atoms with Crippen LogP contribution in [0.15, 0.2) is 24.3 Å². The van der Waals surface area contributed by atoms with Crippen LogP contribution in [0.25, 0.3) is 0 Å². The first-order valence-electron chi connectivity index (χ1n) is 6.70. The van der Waals surface area contributed by atoms with E-state index in [0.717, 1.165) is 12.8 Å². The fourth-order valence-electron chi connectivity index (χ4n) is 2.50. The lowest BCUT2D eigenvalue weighted by Crippen LogP contribution is -2.40. The molecule has 0 atom stereocenters. The Hall–Kier alpha value is -1.35. The van der Waals surface area contributed by atoms with Gasteiger partial charge in [-0.1, -0.05) is 30.7 Å². The Morgan fingerprint density at radius 1 is 1.26 bits per heavy atom. The summed E-state index contributed by atoms with van der Waals surface area (Å²) in [7, 11) is 0. The van der Waals surface area contributed by atoms with Gasteiger partial charge in [-0.3, -0.25) is 9.59 Å². The lowest BCUT2D eigenvalue weighted by atomic mass is 9.91. The topological polar surface area (TPSA) is 37.4 Å². The van der Waals surface area contributed by atoms with Crippen molar-refractivity contribution in [2.75, 3.05) is 13.1 Å². The van der Waals surface area contributed by atoms with Crippen molar-refractivity contribution in [3.63, 3.8) is 0 Å². The third-order valence-corrected chi connectivity index (χ3v) is 4.02. The number of halogens is 1. The van der Waals surface area contributed by atoms with Crippen molar-refractivity contribution in [3.8, 4) is 0 Å². The third kappa shape index (κ3) is 3.16. The van der Waals surface area contributed by atoms with Gasteiger partial charge in [0, 0.05) is 25.4 Å². The molecule has 0 unspecified atom stereocenters. The molecule has 1 aromatic rings. The van der Waals surface area contributed by atoms with E-state index in [0.29, 0.717) is 35.9 Å². The highest BCUT2D eigenvalue weighted by atomic mass is 35.5. The van der Waals surface area contributed by atoms with E-state index in [-0.39, 0.29) is 11.8 Å². The average Bonchev–Trinajstić information content (AvgIpc) is 2.46. The molecule has 0 spiro atoms. The lowest BCUT2D eigenvalue weighted by Gasteiger charge is -2.31. The molecule has 0 aromatic heterocycles. The van der Waals surface area contributed by atoms with Crippen molar-refractivity contribution >= 4 is 23.3 Å². The van der Waals surface area contributed by atoms with Crippen LogP contribution < -0.4 is 0 Å². The summed E-state index contributed by atoms with van der Waals surface area (Å²) in [4.78, 5) is 25.8. The molecule has 4 heteroatoms. The zero-order chi connectivity index (χ0) is 13.8. The summed E-state index contributed by atoms with van der Waals surface area (Å²) in [6.45, 7) is 3.17. The van der Waals surface area contributed by atoms with Crippen LogP contribution in [0.3, 0.4) is 0 Å². The molecule has 102 valence electrons. The Labute approximate surface area is 118 Å². The third-order valence-electron chi connectivity index (χ3n) is 3.69. The van der Waals surface area contributed by atoms with Gasteiger partial charge in [0.1, 0.15) is 5.78 Å². The van der Waals surface area contributed by atoms with E-state index >= 15 is 0 Å². The van der Waals surface area contributed by atoms with Crippen LogP contribution in [0, 0.1) is 5.92 Å². The first-order valence-corrected chi connectivity index (χ1v) is 7.07. The van der Waals surface area contributed by atoms with Crippen molar-refractivity contribution in [3.05, 3.63) is 34.9 Å². The zero-order valence-corrected chi connectivity index (χ0v) is 11.8. The molecule has 1 fully saturated rings. The molecular weight excluding hydrogens is 262 g/mol. The Kier molecular flexibility index (Phi) is 4.59. The number of Topliss-reactive ketones (excluding diaryl/α,β-unsaturated/α-hetero) is 1. The van der Waals surface area contributed by atoms with Crippen molar-refractivity contribution in [2.45, 2.75) is 26.2 Å². The van der Waals surface area contributed by atoms with Crippen LogP contribution in [0.4, 0.5) is 0 Å². The molecule has 2 rings (SSSR count). The second-order valence-electron chi connectivity index (χ2n) is 4.87. The summed E-state index contributed by atoms with van der Waals surface area (Å²) in [6, 6.07) is 7.09. The largest absolute Gasteiger partial charge is 0.339 e. The zero-order valence-electron chi connectivity index (χ0n) is 11.1. The number of carbonyl (C=O) groups is 2. The monoisotopic (exact) mass is 279 g/mol. The summed E-state index contributed by atoms with van der Waals surface area (Å²) in [6.07, 6.45) is 2.12. The van der Waals surface area contributed by atoms with Crippen LogP contribution in [-0.2, 0) is 4.79 Å². The number of nitrogens with zero attached hydrogens (tertiary/aromatic N) is 1. The number of hydrogen-bond donors (Lipinski definition) is 0. The smallest absolute Gasteiger partial charge is 0.255 e. The van der Waals surface area contributed by atoms with Crippen LogP contribution in [0.5, 0.6) is 0 Å². The van der Waals surface area contributed by atoms with E-state index in [9.17, 15) is 9.59 Å². The number of benzene rings is 1. The van der Waals surface area contributed by atoms with Gasteiger partial charge in [-0.15, -0.1) is 0 Å². The van der Waals surface area contributed by atoms with Crippen LogP contribution in [0.1, 0.15) is 36.5 Å². The molecule has 0 bridgehead atoms. The molecule has 0 saturated carbocycles. The van der Waals surface area contributed by atoms with Crippen molar-refractivity contribution in [1.29, 1.82) is 0 Å². The lowest BCUT2D eigenvalue weighted by molar-refractivity contribution is -0.123. The SMILES string of the molecule is CCC(=O)C1CCN(C(=O)c2ccccc2Cl)CC1. The van der Waals surface area contributed by atoms with Crippen LogP contribution in [-0.4, -0.2) is 29.7 Å². The molecule has 19 heavy (non-hydrogen) atoms. The number of hydrogen-bond acceptors (Lipinski definition) is 2. The Morgan fingerprint density at radius 3 is 2.47 bits per heavy atom. The molecule has 1 aromatic carbocycles. The quantitative estimate of drug-likeness (QED) is 0.852. The maximum absolute atomic E-state index is 12.3. The molecular formula is C15H18ClNO2. The molecule has 3 nitrogen and oxygen atoms in total. The fraction of sp³-hybridized carbons (Fsp3) is 0.467. The first-order chi connectivity index (χ1) is 9.13. The van der Waals surface area contributed by atoms with Crippen LogP contribution >= 0.6 is 11.6 Å². The summed E-state index contributed by atoms with van der Waals surface area (Å²) in [5, 5.41) is 0.485. The number of ketones is 1. The Balaban J connectivity index is 2.00. The van der Waals surface area contributed by atoms with Crippen LogP contribution in [0.2, 0.25) is 5.02 Å². The van der Waals surface area contributed by atoms with Gasteiger partial charge in [-0.2, -0.15) is 0 Å². The average molecular weight is 280 g/mol.